The predicted molar refractivity (Wildman–Crippen MR) is 138 cm³/mol. The van der Waals surface area contributed by atoms with Crippen LogP contribution >= 0.6 is 0 Å². The number of benzene rings is 3. The van der Waals surface area contributed by atoms with E-state index in [1.807, 2.05) is 24.3 Å². The van der Waals surface area contributed by atoms with Crippen LogP contribution in [-0.4, -0.2) is 41.6 Å². The molecule has 6 rings (SSSR count). The van der Waals surface area contributed by atoms with Gasteiger partial charge in [-0.3, -0.25) is 9.69 Å². The first kappa shape index (κ1) is 21.9. The van der Waals surface area contributed by atoms with Gasteiger partial charge in [-0.15, -0.1) is 0 Å². The van der Waals surface area contributed by atoms with Gasteiger partial charge in [0.05, 0.1) is 5.69 Å². The second-order valence-corrected chi connectivity index (χ2v) is 9.62. The zero-order valence-corrected chi connectivity index (χ0v) is 19.7. The predicted octanol–water partition coefficient (Wildman–Crippen LogP) is 5.02. The number of nitrogens with zero attached hydrogens (tertiary/aromatic N) is 3. The smallest absolute Gasteiger partial charge is 0.405 e. The average molecular weight is 468 g/mol. The van der Waals surface area contributed by atoms with Crippen molar-refractivity contribution in [3.8, 4) is 11.1 Å². The molecule has 1 aromatic heterocycles. The van der Waals surface area contributed by atoms with Crippen molar-refractivity contribution < 1.29 is 9.21 Å². The molecular weight excluding hydrogens is 438 g/mol. The Bertz CT molecular complexity index is 1410. The maximum atomic E-state index is 12.8. The topological polar surface area (TPSA) is 58.7 Å². The number of oxazole rings is 1. The monoisotopic (exact) mass is 467 g/mol. The molecule has 0 spiro atoms. The van der Waals surface area contributed by atoms with Crippen molar-refractivity contribution in [1.29, 1.82) is 0 Å². The number of carbonyl (C=O) groups is 1. The van der Waals surface area contributed by atoms with E-state index in [-0.39, 0.29) is 11.8 Å². The number of aromatic nitrogens is 1. The molecule has 0 N–H and O–H groups in total. The Labute approximate surface area is 204 Å². The molecular formula is C29H29N3O3. The molecule has 0 atom stereocenters. The summed E-state index contributed by atoms with van der Waals surface area (Å²) in [5.74, 6) is -0.748. The molecule has 0 unspecified atom stereocenters. The lowest BCUT2D eigenvalue weighted by Crippen LogP contribution is -2.46. The first-order chi connectivity index (χ1) is 17.2. The van der Waals surface area contributed by atoms with Crippen LogP contribution in [0.2, 0.25) is 0 Å². The van der Waals surface area contributed by atoms with Gasteiger partial charge in [0.2, 0.25) is 5.91 Å². The third-order valence-electron chi connectivity index (χ3n) is 7.41. The largest absolute Gasteiger partial charge is 0.426 e. The summed E-state index contributed by atoms with van der Waals surface area (Å²) in [6.07, 6.45) is 2.76. The molecule has 4 aromatic rings. The van der Waals surface area contributed by atoms with E-state index in [0.29, 0.717) is 11.1 Å². The Kier molecular flexibility index (Phi) is 5.74. The van der Waals surface area contributed by atoms with E-state index in [1.165, 1.54) is 21.3 Å². The second-order valence-electron chi connectivity index (χ2n) is 9.62. The first-order valence-electron chi connectivity index (χ1n) is 12.5. The highest BCUT2D eigenvalue weighted by atomic mass is 16.4. The summed E-state index contributed by atoms with van der Waals surface area (Å²) >= 11 is 0. The van der Waals surface area contributed by atoms with E-state index in [9.17, 15) is 9.59 Å². The normalized spacial score (nSPS) is 17.0. The Balaban J connectivity index is 1.16. The second kappa shape index (κ2) is 9.19. The van der Waals surface area contributed by atoms with Crippen LogP contribution in [0.3, 0.4) is 0 Å². The van der Waals surface area contributed by atoms with Crippen LogP contribution in [0.4, 0.5) is 5.69 Å². The fraction of sp³-hybridized carbons (Fsp3) is 0.310. The van der Waals surface area contributed by atoms with Gasteiger partial charge in [-0.2, -0.15) is 0 Å². The maximum Gasteiger partial charge on any atom is 0.426 e. The number of piperazine rings is 1. The van der Waals surface area contributed by atoms with E-state index in [1.54, 1.807) is 0 Å². The molecule has 178 valence electrons. The third kappa shape index (κ3) is 4.19. The van der Waals surface area contributed by atoms with Gasteiger partial charge in [0.1, 0.15) is 5.52 Å². The van der Waals surface area contributed by atoms with Crippen LogP contribution in [0.5, 0.6) is 0 Å². The van der Waals surface area contributed by atoms with E-state index >= 15 is 0 Å². The van der Waals surface area contributed by atoms with Crippen molar-refractivity contribution in [2.45, 2.75) is 25.8 Å². The molecule has 1 aliphatic heterocycles. The summed E-state index contributed by atoms with van der Waals surface area (Å²) in [5, 5.41) is 0. The SMILES string of the molecule is O=C(C1CCC1)n1c(=O)oc2c(N3CCN(Cc4cccc(-c5ccccc5)c4)CC3)cccc21. The summed E-state index contributed by atoms with van der Waals surface area (Å²) in [7, 11) is 0. The summed E-state index contributed by atoms with van der Waals surface area (Å²) in [5.41, 5.74) is 5.78. The molecule has 35 heavy (non-hydrogen) atoms. The van der Waals surface area contributed by atoms with Crippen molar-refractivity contribution in [2.24, 2.45) is 5.92 Å². The summed E-state index contributed by atoms with van der Waals surface area (Å²) in [6.45, 7) is 4.40. The first-order valence-corrected chi connectivity index (χ1v) is 12.5. The Hall–Kier alpha value is -3.64. The Morgan fingerprint density at radius 1 is 0.857 bits per heavy atom. The van der Waals surface area contributed by atoms with Gasteiger partial charge in [0, 0.05) is 38.6 Å². The minimum Gasteiger partial charge on any atom is -0.405 e. The molecule has 2 fully saturated rings. The Morgan fingerprint density at radius 3 is 2.34 bits per heavy atom. The molecule has 1 saturated heterocycles. The van der Waals surface area contributed by atoms with Crippen LogP contribution < -0.4 is 10.7 Å². The summed E-state index contributed by atoms with van der Waals surface area (Å²) in [6, 6.07) is 24.9. The van der Waals surface area contributed by atoms with Crippen LogP contribution in [0.25, 0.3) is 22.2 Å². The molecule has 6 nitrogen and oxygen atoms in total. The molecule has 0 bridgehead atoms. The number of para-hydroxylation sites is 1. The minimum absolute atomic E-state index is 0.0545. The highest BCUT2D eigenvalue weighted by Gasteiger charge is 2.30. The van der Waals surface area contributed by atoms with Crippen LogP contribution in [0, 0.1) is 5.92 Å². The molecule has 0 amide bonds. The molecule has 1 aliphatic carbocycles. The Morgan fingerprint density at radius 2 is 1.60 bits per heavy atom. The van der Waals surface area contributed by atoms with Crippen molar-refractivity contribution in [3.05, 3.63) is 88.9 Å². The van der Waals surface area contributed by atoms with E-state index in [2.05, 4.69) is 58.3 Å². The number of hydrogen-bond acceptors (Lipinski definition) is 5. The lowest BCUT2D eigenvalue weighted by Gasteiger charge is -2.36. The van der Waals surface area contributed by atoms with Gasteiger partial charge < -0.3 is 9.32 Å². The number of rotatable bonds is 5. The van der Waals surface area contributed by atoms with Gasteiger partial charge in [-0.1, -0.05) is 61.0 Å². The van der Waals surface area contributed by atoms with E-state index < -0.39 is 5.76 Å². The van der Waals surface area contributed by atoms with Gasteiger partial charge in [-0.25, -0.2) is 9.36 Å². The lowest BCUT2D eigenvalue weighted by atomic mass is 9.85. The molecule has 3 aromatic carbocycles. The van der Waals surface area contributed by atoms with Crippen molar-refractivity contribution in [2.75, 3.05) is 31.1 Å². The fourth-order valence-electron chi connectivity index (χ4n) is 5.21. The number of hydrogen-bond donors (Lipinski definition) is 0. The van der Waals surface area contributed by atoms with E-state index in [4.69, 9.17) is 4.42 Å². The zero-order chi connectivity index (χ0) is 23.8. The maximum absolute atomic E-state index is 12.8. The van der Waals surface area contributed by atoms with Gasteiger partial charge in [0.15, 0.2) is 5.58 Å². The number of carbonyl (C=O) groups excluding carboxylic acids is 1. The number of fused-ring (bicyclic) bond motifs is 1. The van der Waals surface area contributed by atoms with Crippen molar-refractivity contribution in [1.82, 2.24) is 9.47 Å². The van der Waals surface area contributed by atoms with Crippen LogP contribution in [0.15, 0.2) is 82.0 Å². The minimum atomic E-state index is -0.568. The van der Waals surface area contributed by atoms with Crippen LogP contribution in [0.1, 0.15) is 29.6 Å². The molecule has 1 saturated carbocycles. The summed E-state index contributed by atoms with van der Waals surface area (Å²) < 4.78 is 6.88. The number of anilines is 1. The van der Waals surface area contributed by atoms with Crippen molar-refractivity contribution >= 4 is 22.7 Å². The highest BCUT2D eigenvalue weighted by molar-refractivity contribution is 5.95. The molecule has 2 heterocycles. The van der Waals surface area contributed by atoms with Crippen molar-refractivity contribution in [3.63, 3.8) is 0 Å². The molecule has 6 heteroatoms. The summed E-state index contributed by atoms with van der Waals surface area (Å²) in [4.78, 5) is 30.1. The van der Waals surface area contributed by atoms with Gasteiger partial charge in [-0.05, 0) is 47.7 Å². The molecule has 0 radical (unpaired) electrons. The average Bonchev–Trinajstić information content (AvgIpc) is 3.20. The standard InChI is InChI=1S/C29H29N3O3/c33-28(23-10-5-11-23)32-26-14-6-13-25(27(26)35-29(32)34)31-17-15-30(16-18-31)20-21-7-4-12-24(19-21)22-8-2-1-3-9-22/h1-4,6-9,12-14,19,23H,5,10-11,15-18,20H2. The van der Waals surface area contributed by atoms with Crippen LogP contribution in [-0.2, 0) is 6.54 Å². The third-order valence-corrected chi connectivity index (χ3v) is 7.41. The fourth-order valence-corrected chi connectivity index (χ4v) is 5.21. The van der Waals surface area contributed by atoms with Gasteiger partial charge in [0.25, 0.3) is 0 Å². The van der Waals surface area contributed by atoms with E-state index in [0.717, 1.165) is 57.7 Å². The lowest BCUT2D eigenvalue weighted by molar-refractivity contribution is 0.0761. The highest BCUT2D eigenvalue weighted by Crippen LogP contribution is 2.31. The quantitative estimate of drug-likeness (QED) is 0.412. The molecule has 2 aliphatic rings. The zero-order valence-electron chi connectivity index (χ0n) is 19.7. The van der Waals surface area contributed by atoms with Gasteiger partial charge >= 0.3 is 5.76 Å².